The number of carbonyl (C=O) groups excluding carboxylic acids is 3. The predicted molar refractivity (Wildman–Crippen MR) is 125 cm³/mol. The zero-order valence-electron chi connectivity index (χ0n) is 19.2. The molecule has 0 saturated carbocycles. The van der Waals surface area contributed by atoms with Crippen molar-refractivity contribution in [3.8, 4) is 5.75 Å². The number of methoxy groups -OCH3 is 1. The fourth-order valence-corrected chi connectivity index (χ4v) is 4.60. The monoisotopic (exact) mass is 473 g/mol. The Labute approximate surface area is 201 Å². The zero-order valence-corrected chi connectivity index (χ0v) is 19.2. The number of ether oxygens (including phenoxy) is 2. The van der Waals surface area contributed by atoms with Crippen LogP contribution in [0.3, 0.4) is 0 Å². The Hall–Kier alpha value is -4.33. The van der Waals surface area contributed by atoms with Crippen LogP contribution in [0, 0.1) is 0 Å². The fraction of sp³-hybridized carbons (Fsp3) is 0.222. The lowest BCUT2D eigenvalue weighted by Gasteiger charge is -2.24. The van der Waals surface area contributed by atoms with Crippen LogP contribution in [0.15, 0.2) is 70.9 Å². The number of amides is 1. The van der Waals surface area contributed by atoms with Crippen molar-refractivity contribution in [1.29, 1.82) is 0 Å². The number of rotatable bonds is 5. The molecule has 2 atom stereocenters. The number of hydrogen-bond acceptors (Lipinski definition) is 7. The van der Waals surface area contributed by atoms with Gasteiger partial charge in [0.05, 0.1) is 37.1 Å². The molecule has 3 heterocycles. The molecular formula is C27H23NO7. The summed E-state index contributed by atoms with van der Waals surface area (Å²) in [4.78, 5) is 39.6. The van der Waals surface area contributed by atoms with Gasteiger partial charge in [-0.25, -0.2) is 4.79 Å². The second-order valence-electron chi connectivity index (χ2n) is 8.58. The Kier molecular flexibility index (Phi) is 5.64. The molecule has 1 aromatic heterocycles. The molecule has 1 amide bonds. The summed E-state index contributed by atoms with van der Waals surface area (Å²) in [5, 5.41) is 11.3. The fourth-order valence-electron chi connectivity index (χ4n) is 4.60. The highest BCUT2D eigenvalue weighted by atomic mass is 16.5. The van der Waals surface area contributed by atoms with Crippen molar-refractivity contribution in [1.82, 2.24) is 4.90 Å². The first kappa shape index (κ1) is 22.5. The molecule has 1 saturated heterocycles. The van der Waals surface area contributed by atoms with Gasteiger partial charge in [0.15, 0.2) is 0 Å². The number of nitrogens with zero attached hydrogens (tertiary/aromatic N) is 1. The van der Waals surface area contributed by atoms with Gasteiger partial charge in [0.1, 0.15) is 23.4 Å². The van der Waals surface area contributed by atoms with Crippen molar-refractivity contribution in [3.05, 3.63) is 94.4 Å². The highest BCUT2D eigenvalue weighted by Crippen LogP contribution is 2.41. The van der Waals surface area contributed by atoms with Gasteiger partial charge in [0.25, 0.3) is 11.7 Å². The maximum atomic E-state index is 13.2. The second kappa shape index (κ2) is 8.79. The maximum absolute atomic E-state index is 13.2. The summed E-state index contributed by atoms with van der Waals surface area (Å²) in [6.45, 7) is 1.99. The van der Waals surface area contributed by atoms with Gasteiger partial charge in [0.2, 0.25) is 0 Å². The minimum Gasteiger partial charge on any atom is -0.507 e. The molecule has 0 bridgehead atoms. The number of hydrogen-bond donors (Lipinski definition) is 1. The topological polar surface area (TPSA) is 106 Å². The van der Waals surface area contributed by atoms with E-state index in [1.54, 1.807) is 54.6 Å². The van der Waals surface area contributed by atoms with Crippen LogP contribution in [0.25, 0.3) is 5.76 Å². The molecule has 0 aliphatic carbocycles. The molecule has 8 nitrogen and oxygen atoms in total. The molecule has 1 N–H and O–H groups in total. The molecule has 5 rings (SSSR count). The van der Waals surface area contributed by atoms with Gasteiger partial charge >= 0.3 is 5.97 Å². The Balaban J connectivity index is 1.61. The molecule has 8 heteroatoms. The maximum Gasteiger partial charge on any atom is 0.337 e. The molecule has 2 aromatic carbocycles. The van der Waals surface area contributed by atoms with Crippen LogP contribution >= 0.6 is 0 Å². The molecule has 2 aliphatic rings. The lowest BCUT2D eigenvalue weighted by atomic mass is 9.94. The molecule has 1 fully saturated rings. The molecule has 35 heavy (non-hydrogen) atoms. The summed E-state index contributed by atoms with van der Waals surface area (Å²) in [5.41, 5.74) is 2.20. The average Bonchev–Trinajstić information content (AvgIpc) is 3.57. The molecule has 2 aliphatic heterocycles. The van der Waals surface area contributed by atoms with Gasteiger partial charge in [-0.2, -0.15) is 0 Å². The van der Waals surface area contributed by atoms with Crippen LogP contribution in [0.4, 0.5) is 0 Å². The van der Waals surface area contributed by atoms with Crippen LogP contribution in [0.1, 0.15) is 45.8 Å². The lowest BCUT2D eigenvalue weighted by molar-refractivity contribution is -0.140. The Morgan fingerprint density at radius 1 is 1.11 bits per heavy atom. The van der Waals surface area contributed by atoms with E-state index in [9.17, 15) is 19.5 Å². The van der Waals surface area contributed by atoms with Crippen LogP contribution in [-0.4, -0.2) is 40.9 Å². The lowest BCUT2D eigenvalue weighted by Crippen LogP contribution is -2.29. The van der Waals surface area contributed by atoms with Crippen molar-refractivity contribution in [3.63, 3.8) is 0 Å². The molecule has 0 radical (unpaired) electrons. The van der Waals surface area contributed by atoms with E-state index in [0.717, 1.165) is 11.3 Å². The Bertz CT molecular complexity index is 1340. The number of likely N-dealkylation sites (tertiary alicyclic amines) is 1. The molecular weight excluding hydrogens is 450 g/mol. The van der Waals surface area contributed by atoms with Crippen molar-refractivity contribution < 1.29 is 33.4 Å². The predicted octanol–water partition coefficient (Wildman–Crippen LogP) is 4.01. The van der Waals surface area contributed by atoms with E-state index in [1.807, 2.05) is 6.92 Å². The third kappa shape index (κ3) is 3.97. The van der Waals surface area contributed by atoms with E-state index >= 15 is 0 Å². The molecule has 178 valence electrons. The summed E-state index contributed by atoms with van der Waals surface area (Å²) in [7, 11) is 1.29. The Morgan fingerprint density at radius 2 is 1.86 bits per heavy atom. The summed E-state index contributed by atoms with van der Waals surface area (Å²) in [5.74, 6) is -1.08. The standard InChI is InChI=1S/C27H23NO7/c1-15-12-19-13-18(9-10-21(19)35-15)24(29)22-23(16-5-7-17(8-6-16)27(32)33-2)28(26(31)25(22)30)14-20-4-3-11-34-20/h3-11,13,15,23,29H,12,14H2,1-2H3/t15-,23+/m1/s1. The van der Waals surface area contributed by atoms with Crippen LogP contribution in [0.2, 0.25) is 0 Å². The van der Waals surface area contributed by atoms with Crippen molar-refractivity contribution >= 4 is 23.4 Å². The van der Waals surface area contributed by atoms with E-state index in [2.05, 4.69) is 0 Å². The van der Waals surface area contributed by atoms with E-state index < -0.39 is 23.7 Å². The third-order valence-electron chi connectivity index (χ3n) is 6.26. The number of aliphatic hydroxyl groups is 1. The average molecular weight is 473 g/mol. The summed E-state index contributed by atoms with van der Waals surface area (Å²) >= 11 is 0. The van der Waals surface area contributed by atoms with Gasteiger partial charge in [-0.15, -0.1) is 0 Å². The van der Waals surface area contributed by atoms with Crippen molar-refractivity contribution in [2.75, 3.05) is 7.11 Å². The SMILES string of the molecule is COC(=O)c1ccc([C@H]2C(=C(O)c3ccc4c(c3)C[C@@H](C)O4)C(=O)C(=O)N2Cc2ccco2)cc1. The zero-order chi connectivity index (χ0) is 24.7. The van der Waals surface area contributed by atoms with E-state index in [1.165, 1.54) is 18.3 Å². The highest BCUT2D eigenvalue weighted by Gasteiger charge is 2.46. The molecule has 0 spiro atoms. The normalized spacial score (nSPS) is 20.6. The number of furan rings is 1. The van der Waals surface area contributed by atoms with Gasteiger partial charge < -0.3 is 23.9 Å². The minimum absolute atomic E-state index is 0.0228. The largest absolute Gasteiger partial charge is 0.507 e. The van der Waals surface area contributed by atoms with Gasteiger partial charge in [-0.3, -0.25) is 9.59 Å². The number of fused-ring (bicyclic) bond motifs is 1. The third-order valence-corrected chi connectivity index (χ3v) is 6.26. The summed E-state index contributed by atoms with van der Waals surface area (Å²) in [6, 6.07) is 14.1. The smallest absolute Gasteiger partial charge is 0.337 e. The molecule has 0 unspecified atom stereocenters. The quantitative estimate of drug-likeness (QED) is 0.258. The summed E-state index contributed by atoms with van der Waals surface area (Å²) in [6.07, 6.45) is 2.19. The van der Waals surface area contributed by atoms with Gasteiger partial charge in [-0.1, -0.05) is 12.1 Å². The van der Waals surface area contributed by atoms with Gasteiger partial charge in [0, 0.05) is 12.0 Å². The highest BCUT2D eigenvalue weighted by molar-refractivity contribution is 6.46. The molecule has 3 aromatic rings. The van der Waals surface area contributed by atoms with E-state index in [4.69, 9.17) is 13.9 Å². The van der Waals surface area contributed by atoms with Crippen molar-refractivity contribution in [2.45, 2.75) is 32.0 Å². The van der Waals surface area contributed by atoms with Crippen LogP contribution < -0.4 is 4.74 Å². The number of carbonyl (C=O) groups is 3. The first-order chi connectivity index (χ1) is 16.9. The number of aliphatic hydroxyl groups excluding tert-OH is 1. The number of benzene rings is 2. The van der Waals surface area contributed by atoms with E-state index in [0.29, 0.717) is 28.9 Å². The number of ketones is 1. The van der Waals surface area contributed by atoms with Crippen LogP contribution in [-0.2, 0) is 27.3 Å². The number of Topliss-reactive ketones (excluding diaryl/α,β-unsaturated/α-hetero) is 1. The van der Waals surface area contributed by atoms with Crippen molar-refractivity contribution in [2.24, 2.45) is 0 Å². The second-order valence-corrected chi connectivity index (χ2v) is 8.58. The van der Waals surface area contributed by atoms with E-state index in [-0.39, 0.29) is 24.0 Å². The first-order valence-electron chi connectivity index (χ1n) is 11.2. The Morgan fingerprint density at radius 3 is 2.54 bits per heavy atom. The van der Waals surface area contributed by atoms with Crippen LogP contribution in [0.5, 0.6) is 5.75 Å². The first-order valence-corrected chi connectivity index (χ1v) is 11.2. The summed E-state index contributed by atoms with van der Waals surface area (Å²) < 4.78 is 15.9. The minimum atomic E-state index is -0.879. The van der Waals surface area contributed by atoms with Gasteiger partial charge in [-0.05, 0) is 60.5 Å². The number of esters is 1.